The largest absolute Gasteiger partial charge is 0.438 e. The number of hydrogen-bond donors (Lipinski definition) is 0. The summed E-state index contributed by atoms with van der Waals surface area (Å²) >= 11 is 11.7. The molecular weight excluding hydrogens is 505 g/mol. The highest BCUT2D eigenvalue weighted by Gasteiger charge is 2.69. The van der Waals surface area contributed by atoms with Gasteiger partial charge in [-0.3, -0.25) is 9.00 Å². The molecule has 2 atom stereocenters. The third kappa shape index (κ3) is 4.31. The Morgan fingerprint density at radius 3 is 2.36 bits per heavy atom. The minimum absolute atomic E-state index is 0.0529. The fourth-order valence-electron chi connectivity index (χ4n) is 4.03. The number of Topliss-reactive ketones (excluding diaryl/α,β-unsaturated/α-hetero) is 1. The van der Waals surface area contributed by atoms with E-state index >= 15 is 4.39 Å². The zero-order valence-electron chi connectivity index (χ0n) is 17.1. The van der Waals surface area contributed by atoms with Crippen molar-refractivity contribution in [2.75, 3.05) is 11.5 Å². The number of ketones is 1. The van der Waals surface area contributed by atoms with E-state index in [1.807, 2.05) is 0 Å². The summed E-state index contributed by atoms with van der Waals surface area (Å²) in [6.07, 6.45) is -7.66. The molecular formula is C22H17Cl2F4NO3S. The van der Waals surface area contributed by atoms with E-state index in [0.29, 0.717) is 22.6 Å². The monoisotopic (exact) mass is 521 g/mol. The van der Waals surface area contributed by atoms with Crippen LogP contribution >= 0.6 is 23.2 Å². The fourth-order valence-corrected chi connectivity index (χ4v) is 5.75. The maximum absolute atomic E-state index is 15.5. The quantitative estimate of drug-likeness (QED) is 0.370. The number of hydrogen-bond acceptors (Lipinski definition) is 4. The van der Waals surface area contributed by atoms with Crippen LogP contribution in [0, 0.1) is 12.8 Å². The van der Waals surface area contributed by atoms with Crippen molar-refractivity contribution in [3.05, 3.63) is 68.7 Å². The topological polar surface area (TPSA) is 55.7 Å². The highest BCUT2D eigenvalue weighted by molar-refractivity contribution is 7.86. The van der Waals surface area contributed by atoms with Crippen molar-refractivity contribution in [3.63, 3.8) is 0 Å². The van der Waals surface area contributed by atoms with E-state index in [9.17, 15) is 22.2 Å². The summed E-state index contributed by atoms with van der Waals surface area (Å²) in [5, 5.41) is 3.23. The molecule has 2 unspecified atom stereocenters. The number of aryl methyl sites for hydroxylation is 1. The Morgan fingerprint density at radius 1 is 1.18 bits per heavy atom. The third-order valence-corrected chi connectivity index (χ3v) is 7.86. The Bertz CT molecular complexity index is 1160. The second-order valence-electron chi connectivity index (χ2n) is 8.12. The molecule has 4 rings (SSSR count). The summed E-state index contributed by atoms with van der Waals surface area (Å²) in [5.74, 6) is 0.846. The molecule has 33 heavy (non-hydrogen) atoms. The first-order chi connectivity index (χ1) is 15.4. The maximum atomic E-state index is 15.5. The van der Waals surface area contributed by atoms with Crippen LogP contribution in [0.1, 0.15) is 33.5 Å². The van der Waals surface area contributed by atoms with E-state index < -0.39 is 40.0 Å². The fraction of sp³-hybridized carbons (Fsp3) is 0.364. The highest BCUT2D eigenvalue weighted by Crippen LogP contribution is 2.51. The van der Waals surface area contributed by atoms with E-state index in [1.54, 1.807) is 6.92 Å². The van der Waals surface area contributed by atoms with E-state index in [2.05, 4.69) is 5.16 Å². The first-order valence-electron chi connectivity index (χ1n) is 9.85. The van der Waals surface area contributed by atoms with Crippen molar-refractivity contribution in [2.45, 2.75) is 31.3 Å². The molecule has 0 aliphatic carbocycles. The molecule has 0 amide bonds. The lowest BCUT2D eigenvalue weighted by atomic mass is 9.84. The molecule has 0 radical (unpaired) electrons. The molecule has 0 saturated carbocycles. The number of benzene rings is 2. The maximum Gasteiger partial charge on any atom is 0.438 e. The van der Waals surface area contributed by atoms with Gasteiger partial charge in [0.2, 0.25) is 6.17 Å². The van der Waals surface area contributed by atoms with Gasteiger partial charge in [0, 0.05) is 55.5 Å². The smallest absolute Gasteiger partial charge is 0.371 e. The molecule has 1 fully saturated rings. The van der Waals surface area contributed by atoms with Crippen LogP contribution in [0.5, 0.6) is 0 Å². The molecule has 11 heteroatoms. The average Bonchev–Trinajstić information content (AvgIpc) is 3.04. The van der Waals surface area contributed by atoms with Gasteiger partial charge in [-0.1, -0.05) is 40.5 Å². The van der Waals surface area contributed by atoms with Crippen LogP contribution in [0.3, 0.4) is 0 Å². The van der Waals surface area contributed by atoms with Crippen LogP contribution in [0.4, 0.5) is 17.6 Å². The van der Waals surface area contributed by atoms with Crippen LogP contribution in [-0.4, -0.2) is 39.6 Å². The van der Waals surface area contributed by atoms with Gasteiger partial charge in [0.25, 0.3) is 5.60 Å². The predicted molar refractivity (Wildman–Crippen MR) is 118 cm³/mol. The SMILES string of the molecule is Cc1cc(C2=NOC(c3cc(Cl)cc(Cl)c3)(C(F)(F)F)C2F)ccc1C(=O)CC1CS(=O)C1. The van der Waals surface area contributed by atoms with Crippen LogP contribution in [0.2, 0.25) is 10.0 Å². The third-order valence-electron chi connectivity index (χ3n) is 5.74. The standard InChI is InChI=1S/C22H17Cl2F4NO3S/c1-11-4-13(2-3-17(11)18(30)5-12-9-33(31)10-12)19-20(25)21(32-29-19,22(26,27)28)14-6-15(23)8-16(24)7-14/h2-4,6-8,12,20H,5,9-10H2,1H3. The molecule has 0 N–H and O–H groups in total. The zero-order valence-corrected chi connectivity index (χ0v) is 19.4. The molecule has 4 nitrogen and oxygen atoms in total. The summed E-state index contributed by atoms with van der Waals surface area (Å²) in [6, 6.07) is 7.27. The van der Waals surface area contributed by atoms with Crippen molar-refractivity contribution < 1.29 is 31.4 Å². The Kier molecular flexibility index (Phi) is 6.35. The number of alkyl halides is 4. The lowest BCUT2D eigenvalue weighted by Gasteiger charge is -2.31. The van der Waals surface area contributed by atoms with Crippen molar-refractivity contribution in [1.29, 1.82) is 0 Å². The molecule has 2 aliphatic heterocycles. The lowest BCUT2D eigenvalue weighted by molar-refractivity contribution is -0.289. The number of halogens is 6. The van der Waals surface area contributed by atoms with E-state index in [-0.39, 0.29) is 33.7 Å². The van der Waals surface area contributed by atoms with Crippen molar-refractivity contribution >= 4 is 45.5 Å². The van der Waals surface area contributed by atoms with E-state index in [1.165, 1.54) is 24.3 Å². The van der Waals surface area contributed by atoms with Crippen molar-refractivity contribution in [3.8, 4) is 0 Å². The predicted octanol–water partition coefficient (Wildman–Crippen LogP) is 5.78. The second kappa shape index (κ2) is 8.67. The number of rotatable bonds is 5. The number of oxime groups is 1. The second-order valence-corrected chi connectivity index (χ2v) is 10.5. The van der Waals surface area contributed by atoms with Gasteiger partial charge in [-0.25, -0.2) is 4.39 Å². The minimum Gasteiger partial charge on any atom is -0.371 e. The normalized spacial score (nSPS) is 27.0. The molecule has 0 spiro atoms. The van der Waals surface area contributed by atoms with Gasteiger partial charge < -0.3 is 4.84 Å². The zero-order chi connectivity index (χ0) is 24.1. The van der Waals surface area contributed by atoms with Crippen LogP contribution in [0.15, 0.2) is 41.6 Å². The Labute approximate surface area is 199 Å². The number of carbonyl (C=O) groups excluding carboxylic acids is 1. The summed E-state index contributed by atoms with van der Waals surface area (Å²) in [7, 11) is -0.875. The van der Waals surface area contributed by atoms with Gasteiger partial charge in [0.05, 0.1) is 0 Å². The van der Waals surface area contributed by atoms with Gasteiger partial charge >= 0.3 is 6.18 Å². The van der Waals surface area contributed by atoms with Crippen LogP contribution in [-0.2, 0) is 21.2 Å². The number of carbonyl (C=O) groups is 1. The molecule has 176 valence electrons. The summed E-state index contributed by atoms with van der Waals surface area (Å²) in [6.45, 7) is 1.60. The molecule has 1 saturated heterocycles. The van der Waals surface area contributed by atoms with E-state index in [0.717, 1.165) is 12.1 Å². The van der Waals surface area contributed by atoms with Gasteiger partial charge in [-0.05, 0) is 42.7 Å². The summed E-state index contributed by atoms with van der Waals surface area (Å²) < 4.78 is 69.2. The van der Waals surface area contributed by atoms with Crippen LogP contribution < -0.4 is 0 Å². The summed E-state index contributed by atoms with van der Waals surface area (Å²) in [4.78, 5) is 17.3. The lowest BCUT2D eigenvalue weighted by Crippen LogP contribution is -2.50. The molecule has 0 bridgehead atoms. The number of nitrogens with zero attached hydrogens (tertiary/aromatic N) is 1. The van der Waals surface area contributed by atoms with Crippen molar-refractivity contribution in [2.24, 2.45) is 11.1 Å². The van der Waals surface area contributed by atoms with Crippen molar-refractivity contribution in [1.82, 2.24) is 0 Å². The highest BCUT2D eigenvalue weighted by atomic mass is 35.5. The molecule has 0 aromatic heterocycles. The Morgan fingerprint density at radius 2 is 1.82 bits per heavy atom. The van der Waals surface area contributed by atoms with Gasteiger partial charge in [0.1, 0.15) is 5.71 Å². The summed E-state index contributed by atoms with van der Waals surface area (Å²) in [5.41, 5.74) is -3.70. The van der Waals surface area contributed by atoms with Gasteiger partial charge in [-0.2, -0.15) is 13.2 Å². The van der Waals surface area contributed by atoms with E-state index in [4.69, 9.17) is 28.0 Å². The Hall–Kier alpha value is -1.97. The molecule has 2 aromatic rings. The molecule has 2 aliphatic rings. The molecule has 2 heterocycles. The molecule has 2 aromatic carbocycles. The first kappa shape index (κ1) is 24.2. The van der Waals surface area contributed by atoms with Crippen LogP contribution in [0.25, 0.3) is 0 Å². The van der Waals surface area contributed by atoms with Gasteiger partial charge in [-0.15, -0.1) is 0 Å². The van der Waals surface area contributed by atoms with Gasteiger partial charge in [0.15, 0.2) is 5.78 Å². The Balaban J connectivity index is 1.64. The first-order valence-corrected chi connectivity index (χ1v) is 12.1. The minimum atomic E-state index is -5.18. The average molecular weight is 522 g/mol.